The first-order valence-corrected chi connectivity index (χ1v) is 13.3. The minimum absolute atomic E-state index is 0.149. The van der Waals surface area contributed by atoms with E-state index in [4.69, 9.17) is 8.53 Å². The van der Waals surface area contributed by atoms with Crippen LogP contribution in [0.15, 0.2) is 65.2 Å². The topological polar surface area (TPSA) is 17.0 Å². The molecule has 0 unspecified atom stereocenters. The maximum atomic E-state index is 16.1. The van der Waals surface area contributed by atoms with Crippen molar-refractivity contribution in [1.29, 1.82) is 0 Å². The summed E-state index contributed by atoms with van der Waals surface area (Å²) in [5, 5.41) is 1.62. The highest BCUT2D eigenvalue weighted by Gasteiger charge is 2.56. The number of aromatic nitrogens is 1. The average molecular weight is 510 g/mol. The molecule has 0 bridgehead atoms. The van der Waals surface area contributed by atoms with Crippen molar-refractivity contribution in [3.05, 3.63) is 88.9 Å². The van der Waals surface area contributed by atoms with Crippen molar-refractivity contribution in [1.82, 2.24) is 0 Å². The number of hydrogen-bond donors (Lipinski definition) is 0. The third-order valence-electron chi connectivity index (χ3n) is 10.2. The van der Waals surface area contributed by atoms with E-state index in [0.717, 1.165) is 38.7 Å². The highest BCUT2D eigenvalue weighted by atomic mass is 19.1. The van der Waals surface area contributed by atoms with Gasteiger partial charge in [-0.3, -0.25) is 0 Å². The normalized spacial score (nSPS) is 18.8. The van der Waals surface area contributed by atoms with Gasteiger partial charge in [0.2, 0.25) is 5.69 Å². The molecule has 2 aromatic heterocycles. The Balaban J connectivity index is 1.74. The first-order valence-electron chi connectivity index (χ1n) is 14.8. The third kappa shape index (κ3) is 3.02. The Morgan fingerprint density at radius 1 is 0.789 bits per heavy atom. The van der Waals surface area contributed by atoms with Crippen LogP contribution in [-0.2, 0) is 17.9 Å². The second-order valence-corrected chi connectivity index (χ2v) is 12.6. The smallest absolute Gasteiger partial charge is 0.216 e. The Kier molecular flexibility index (Phi) is 4.40. The molecule has 0 amide bonds. The van der Waals surface area contributed by atoms with Crippen LogP contribution < -0.4 is 4.57 Å². The van der Waals surface area contributed by atoms with E-state index < -0.39 is 12.7 Å². The molecule has 5 aromatic rings. The molecule has 3 aromatic carbocycles. The van der Waals surface area contributed by atoms with Crippen LogP contribution in [0.1, 0.15) is 67.9 Å². The van der Waals surface area contributed by atoms with Crippen LogP contribution in [0.3, 0.4) is 0 Å². The number of nitrogens with zero attached hydrogens (tertiary/aromatic N) is 1. The molecule has 2 heterocycles. The van der Waals surface area contributed by atoms with Crippen molar-refractivity contribution in [3.63, 3.8) is 0 Å². The van der Waals surface area contributed by atoms with Gasteiger partial charge >= 0.3 is 0 Å². The lowest BCUT2D eigenvalue weighted by Gasteiger charge is -2.44. The van der Waals surface area contributed by atoms with E-state index in [9.17, 15) is 0 Å². The number of pyridine rings is 1. The minimum atomic E-state index is -2.45. The van der Waals surface area contributed by atoms with E-state index in [1.54, 1.807) is 6.07 Å². The fourth-order valence-corrected chi connectivity index (χ4v) is 6.63. The summed E-state index contributed by atoms with van der Waals surface area (Å²) < 4.78 is 50.3. The zero-order valence-corrected chi connectivity index (χ0v) is 23.5. The second kappa shape index (κ2) is 7.79. The van der Waals surface area contributed by atoms with Crippen molar-refractivity contribution < 1.29 is 17.5 Å². The summed E-state index contributed by atoms with van der Waals surface area (Å²) in [6.45, 7) is 12.8. The molecule has 0 fully saturated rings. The number of furan rings is 1. The lowest BCUT2D eigenvalue weighted by atomic mass is 9.59. The van der Waals surface area contributed by atoms with Gasteiger partial charge in [0.1, 0.15) is 24.0 Å². The number of halogens is 1. The minimum Gasteiger partial charge on any atom is -0.454 e. The van der Waals surface area contributed by atoms with Gasteiger partial charge in [-0.2, -0.15) is 0 Å². The van der Waals surface area contributed by atoms with Gasteiger partial charge in [0.05, 0.1) is 11.1 Å². The predicted octanol–water partition coefficient (Wildman–Crippen LogP) is 9.10. The number of fused-ring (bicyclic) bond motifs is 4. The second-order valence-electron chi connectivity index (χ2n) is 12.6. The molecular weight excluding hydrogens is 469 g/mol. The first kappa shape index (κ1) is 21.5. The molecule has 0 atom stereocenters. The number of benzene rings is 3. The largest absolute Gasteiger partial charge is 0.454 e. The lowest BCUT2D eigenvalue weighted by molar-refractivity contribution is -0.660. The quantitative estimate of drug-likeness (QED) is 0.217. The number of aryl methyl sites for hydroxylation is 3. The standard InChI is InChI=1S/C35H37FNO/c1-20-13-14-22-23-15-16-27(36)30(32(23)38-31(22)29(20)28-12-10-11-17-37(28)9)24-19-26-25(18-21(24)2)33(3,4)35(7,8)34(26,5)6/h10-19H,1-9H3/q+1/i2D3. The Labute approximate surface area is 229 Å². The van der Waals surface area contributed by atoms with Crippen molar-refractivity contribution in [2.75, 3.05) is 0 Å². The molecule has 2 nitrogen and oxygen atoms in total. The Morgan fingerprint density at radius 3 is 2.08 bits per heavy atom. The summed E-state index contributed by atoms with van der Waals surface area (Å²) in [4.78, 5) is 0. The molecule has 0 radical (unpaired) electrons. The van der Waals surface area contributed by atoms with Gasteiger partial charge in [0.15, 0.2) is 6.20 Å². The van der Waals surface area contributed by atoms with E-state index >= 15 is 4.39 Å². The fourth-order valence-electron chi connectivity index (χ4n) is 6.63. The van der Waals surface area contributed by atoms with Gasteiger partial charge in [-0.05, 0) is 82.1 Å². The van der Waals surface area contributed by atoms with Crippen LogP contribution in [0.4, 0.5) is 4.39 Å². The maximum absolute atomic E-state index is 16.1. The Morgan fingerprint density at radius 2 is 1.42 bits per heavy atom. The molecule has 0 aliphatic heterocycles. The molecule has 0 spiro atoms. The first-order chi connectivity index (χ1) is 19.0. The fraction of sp³-hybridized carbons (Fsp3) is 0.343. The number of rotatable bonds is 2. The Bertz CT molecular complexity index is 1890. The summed E-state index contributed by atoms with van der Waals surface area (Å²) in [6.07, 6.45) is 1.99. The molecule has 3 heteroatoms. The van der Waals surface area contributed by atoms with E-state index in [2.05, 4.69) is 47.6 Å². The van der Waals surface area contributed by atoms with Gasteiger partial charge in [0.25, 0.3) is 0 Å². The highest BCUT2D eigenvalue weighted by molar-refractivity contribution is 6.13. The van der Waals surface area contributed by atoms with Crippen molar-refractivity contribution in [2.45, 2.75) is 66.1 Å². The van der Waals surface area contributed by atoms with Crippen LogP contribution in [0.2, 0.25) is 0 Å². The lowest BCUT2D eigenvalue weighted by Crippen LogP contribution is -2.42. The summed E-state index contributed by atoms with van der Waals surface area (Å²) in [7, 11) is 1.99. The van der Waals surface area contributed by atoms with E-state index in [1.807, 2.05) is 61.1 Å². The molecule has 1 aliphatic carbocycles. The van der Waals surface area contributed by atoms with Gasteiger partial charge in [-0.25, -0.2) is 8.96 Å². The van der Waals surface area contributed by atoms with E-state index in [1.165, 1.54) is 6.07 Å². The average Bonchev–Trinajstić information content (AvgIpc) is 3.29. The van der Waals surface area contributed by atoms with Crippen LogP contribution in [0, 0.1) is 25.0 Å². The Hall–Kier alpha value is -3.46. The van der Waals surface area contributed by atoms with Gasteiger partial charge < -0.3 is 4.42 Å². The molecule has 194 valence electrons. The van der Waals surface area contributed by atoms with Crippen LogP contribution in [0.25, 0.3) is 44.3 Å². The SMILES string of the molecule is [2H]C([2H])([2H])c1cc2c(cc1-c1c(F)ccc3c1oc1c(-c4cccc[n+]4C)c(C)ccc13)C(C)(C)C(C)(C)C2(C)C. The van der Waals surface area contributed by atoms with Crippen molar-refractivity contribution in [2.24, 2.45) is 12.5 Å². The van der Waals surface area contributed by atoms with Crippen LogP contribution in [0.5, 0.6) is 0 Å². The summed E-state index contributed by atoms with van der Waals surface area (Å²) in [5.41, 5.74) is 6.01. The van der Waals surface area contributed by atoms with Gasteiger partial charge in [-0.1, -0.05) is 59.7 Å². The molecular formula is C35H37FNO+. The molecule has 0 saturated carbocycles. The van der Waals surface area contributed by atoms with Gasteiger partial charge in [-0.15, -0.1) is 0 Å². The molecule has 0 N–H and O–H groups in total. The monoisotopic (exact) mass is 509 g/mol. The van der Waals surface area contributed by atoms with E-state index in [-0.39, 0.29) is 27.4 Å². The van der Waals surface area contributed by atoms with Crippen LogP contribution >= 0.6 is 0 Å². The maximum Gasteiger partial charge on any atom is 0.216 e. The van der Waals surface area contributed by atoms with Crippen molar-refractivity contribution >= 4 is 21.9 Å². The third-order valence-corrected chi connectivity index (χ3v) is 10.2. The molecule has 6 rings (SSSR count). The highest BCUT2D eigenvalue weighted by Crippen LogP contribution is 2.62. The molecule has 38 heavy (non-hydrogen) atoms. The summed E-state index contributed by atoms with van der Waals surface area (Å²) in [5.74, 6) is -0.500. The van der Waals surface area contributed by atoms with E-state index in [0.29, 0.717) is 16.7 Å². The molecule has 1 aliphatic rings. The van der Waals surface area contributed by atoms with Crippen LogP contribution in [-0.4, -0.2) is 0 Å². The summed E-state index contributed by atoms with van der Waals surface area (Å²) >= 11 is 0. The van der Waals surface area contributed by atoms with Gasteiger partial charge in [0, 0.05) is 27.0 Å². The zero-order chi connectivity index (χ0) is 29.9. The summed E-state index contributed by atoms with van der Waals surface area (Å²) in [6, 6.07) is 17.0. The number of hydrogen-bond acceptors (Lipinski definition) is 1. The predicted molar refractivity (Wildman–Crippen MR) is 155 cm³/mol. The zero-order valence-electron chi connectivity index (χ0n) is 26.5. The molecule has 0 saturated heterocycles. The van der Waals surface area contributed by atoms with Crippen molar-refractivity contribution in [3.8, 4) is 22.4 Å².